The molecule has 4 rings (SSSR count). The Hall–Kier alpha value is -1.18. The van der Waals surface area contributed by atoms with Gasteiger partial charge >= 0.3 is 0 Å². The Labute approximate surface area is 88.8 Å². The Kier molecular flexibility index (Phi) is 1.15. The molecule has 0 radical (unpaired) electrons. The molecule has 0 bridgehead atoms. The molecule has 4 aliphatic rings. The summed E-state index contributed by atoms with van der Waals surface area (Å²) in [6, 6.07) is 0. The fourth-order valence-corrected chi connectivity index (χ4v) is 3.88. The van der Waals surface area contributed by atoms with Gasteiger partial charge in [0.25, 0.3) is 0 Å². The van der Waals surface area contributed by atoms with Crippen molar-refractivity contribution in [2.75, 3.05) is 6.54 Å². The predicted molar refractivity (Wildman–Crippen MR) is 57.9 cm³/mol. The normalized spacial score (nSPS) is 45.2. The van der Waals surface area contributed by atoms with Crippen LogP contribution in [-0.4, -0.2) is 18.0 Å². The quantitative estimate of drug-likeness (QED) is 0.587. The number of Topliss-reactive ketones (excluding diaryl/α,β-unsaturated/α-hetero) is 1. The molecule has 2 saturated carbocycles. The van der Waals surface area contributed by atoms with Gasteiger partial charge < -0.3 is 0 Å². The van der Waals surface area contributed by atoms with Crippen molar-refractivity contribution in [3.8, 4) is 0 Å². The zero-order valence-corrected chi connectivity index (χ0v) is 8.62. The van der Waals surface area contributed by atoms with Crippen LogP contribution in [0.1, 0.15) is 25.7 Å². The topological polar surface area (TPSA) is 29.4 Å². The van der Waals surface area contributed by atoms with Gasteiger partial charge in [0.15, 0.2) is 0 Å². The van der Waals surface area contributed by atoms with E-state index >= 15 is 0 Å². The van der Waals surface area contributed by atoms with Crippen molar-refractivity contribution in [2.45, 2.75) is 25.7 Å². The van der Waals surface area contributed by atoms with Crippen molar-refractivity contribution >= 4 is 11.5 Å². The minimum atomic E-state index is 0.206. The lowest BCUT2D eigenvalue weighted by Crippen LogP contribution is -2.29. The number of hydrogen-bond donors (Lipinski definition) is 0. The van der Waals surface area contributed by atoms with E-state index in [9.17, 15) is 4.79 Å². The molecule has 2 fully saturated rings. The van der Waals surface area contributed by atoms with E-state index < -0.39 is 0 Å². The van der Waals surface area contributed by atoms with Crippen molar-refractivity contribution in [2.24, 2.45) is 15.8 Å². The van der Waals surface area contributed by atoms with Crippen LogP contribution in [0, 0.1) is 10.8 Å². The second-order valence-electron chi connectivity index (χ2n) is 5.31. The summed E-state index contributed by atoms with van der Waals surface area (Å²) >= 11 is 0. The van der Waals surface area contributed by atoms with Gasteiger partial charge in [-0.15, -0.1) is 0 Å². The zero-order valence-electron chi connectivity index (χ0n) is 8.62. The van der Waals surface area contributed by atoms with Crippen molar-refractivity contribution in [1.29, 1.82) is 0 Å². The lowest BCUT2D eigenvalue weighted by atomic mass is 9.71. The standard InChI is InChI=1S/C13H13NO/c15-9-1-5-13-8-12(13,7-9)4-2-11-10(13)3-6-14-11/h2-4H,1,5-8H2. The highest BCUT2D eigenvalue weighted by molar-refractivity contribution is 6.13. The molecule has 0 amide bonds. The fraction of sp³-hybridized carbons (Fsp3) is 0.538. The molecule has 0 aromatic heterocycles. The first-order valence-corrected chi connectivity index (χ1v) is 5.72. The Morgan fingerprint density at radius 1 is 1.40 bits per heavy atom. The van der Waals surface area contributed by atoms with Crippen molar-refractivity contribution in [1.82, 2.24) is 0 Å². The van der Waals surface area contributed by atoms with Gasteiger partial charge in [-0.1, -0.05) is 12.2 Å². The highest BCUT2D eigenvalue weighted by Crippen LogP contribution is 2.76. The van der Waals surface area contributed by atoms with E-state index in [2.05, 4.69) is 23.2 Å². The Morgan fingerprint density at radius 2 is 2.33 bits per heavy atom. The number of nitrogens with zero attached hydrogens (tertiary/aromatic N) is 1. The second kappa shape index (κ2) is 2.16. The third-order valence-corrected chi connectivity index (χ3v) is 4.70. The Bertz CT molecular complexity index is 467. The number of rotatable bonds is 0. The first-order valence-electron chi connectivity index (χ1n) is 5.72. The molecule has 1 aliphatic heterocycles. The number of carbonyl (C=O) groups excluding carboxylic acids is 1. The second-order valence-corrected chi connectivity index (χ2v) is 5.31. The van der Waals surface area contributed by atoms with Gasteiger partial charge in [0.2, 0.25) is 0 Å². The highest BCUT2D eigenvalue weighted by Gasteiger charge is 2.71. The summed E-state index contributed by atoms with van der Waals surface area (Å²) in [5.41, 5.74) is 3.18. The summed E-state index contributed by atoms with van der Waals surface area (Å²) in [6.07, 6.45) is 10.5. The smallest absolute Gasteiger partial charge is 0.133 e. The van der Waals surface area contributed by atoms with Gasteiger partial charge in [-0.2, -0.15) is 0 Å². The maximum absolute atomic E-state index is 11.6. The highest BCUT2D eigenvalue weighted by atomic mass is 16.1. The molecular weight excluding hydrogens is 186 g/mol. The SMILES string of the molecule is O=C1CCC23CC2(C=CC2=NCC=C23)C1. The Balaban J connectivity index is 1.89. The summed E-state index contributed by atoms with van der Waals surface area (Å²) < 4.78 is 0. The number of fused-ring (bicyclic) bond motifs is 1. The van der Waals surface area contributed by atoms with Crippen LogP contribution in [0.15, 0.2) is 28.8 Å². The van der Waals surface area contributed by atoms with E-state index in [1.54, 1.807) is 0 Å². The van der Waals surface area contributed by atoms with E-state index in [1.807, 2.05) is 0 Å². The molecule has 2 unspecified atom stereocenters. The molecule has 0 aromatic carbocycles. The maximum atomic E-state index is 11.6. The van der Waals surface area contributed by atoms with Crippen LogP contribution >= 0.6 is 0 Å². The third kappa shape index (κ3) is 0.747. The maximum Gasteiger partial charge on any atom is 0.133 e. The lowest BCUT2D eigenvalue weighted by molar-refractivity contribution is -0.121. The summed E-state index contributed by atoms with van der Waals surface area (Å²) in [5.74, 6) is 0.451. The number of ketones is 1. The minimum Gasteiger partial charge on any atom is -0.300 e. The molecule has 1 heterocycles. The summed E-state index contributed by atoms with van der Waals surface area (Å²) in [4.78, 5) is 16.0. The van der Waals surface area contributed by atoms with E-state index in [-0.39, 0.29) is 5.41 Å². The average molecular weight is 199 g/mol. The molecule has 0 spiro atoms. The van der Waals surface area contributed by atoms with Crippen molar-refractivity contribution < 1.29 is 4.79 Å². The number of hydrogen-bond acceptors (Lipinski definition) is 2. The molecule has 0 aromatic rings. The molecule has 76 valence electrons. The van der Waals surface area contributed by atoms with E-state index in [1.165, 1.54) is 17.7 Å². The molecule has 2 atom stereocenters. The summed E-state index contributed by atoms with van der Waals surface area (Å²) in [7, 11) is 0. The molecule has 3 aliphatic carbocycles. The average Bonchev–Trinajstić information content (AvgIpc) is 2.67. The zero-order chi connectivity index (χ0) is 10.1. The monoisotopic (exact) mass is 199 g/mol. The van der Waals surface area contributed by atoms with Gasteiger partial charge in [0, 0.05) is 23.7 Å². The van der Waals surface area contributed by atoms with Crippen LogP contribution in [0.2, 0.25) is 0 Å². The predicted octanol–water partition coefficient (Wildman–Crippen LogP) is 2.07. The lowest BCUT2D eigenvalue weighted by Gasteiger charge is -2.32. The number of carbonyl (C=O) groups is 1. The molecule has 0 N–H and O–H groups in total. The van der Waals surface area contributed by atoms with Gasteiger partial charge in [0.05, 0.1) is 12.3 Å². The first kappa shape index (κ1) is 8.03. The number of allylic oxidation sites excluding steroid dienone is 3. The van der Waals surface area contributed by atoms with Crippen LogP contribution in [0.5, 0.6) is 0 Å². The van der Waals surface area contributed by atoms with Crippen LogP contribution in [0.4, 0.5) is 0 Å². The molecular formula is C13H13NO. The van der Waals surface area contributed by atoms with Crippen LogP contribution in [-0.2, 0) is 4.79 Å². The van der Waals surface area contributed by atoms with E-state index in [0.717, 1.165) is 25.8 Å². The Morgan fingerprint density at radius 3 is 3.27 bits per heavy atom. The largest absolute Gasteiger partial charge is 0.300 e. The number of aliphatic imine (C=N–C) groups is 1. The van der Waals surface area contributed by atoms with Crippen LogP contribution in [0.3, 0.4) is 0 Å². The fourth-order valence-electron chi connectivity index (χ4n) is 3.88. The summed E-state index contributed by atoms with van der Waals surface area (Å²) in [5, 5.41) is 0. The minimum absolute atomic E-state index is 0.206. The molecule has 0 saturated heterocycles. The summed E-state index contributed by atoms with van der Waals surface area (Å²) in [6.45, 7) is 0.848. The molecule has 2 heteroatoms. The van der Waals surface area contributed by atoms with Crippen LogP contribution < -0.4 is 0 Å². The van der Waals surface area contributed by atoms with Crippen LogP contribution in [0.25, 0.3) is 0 Å². The third-order valence-electron chi connectivity index (χ3n) is 4.70. The van der Waals surface area contributed by atoms with E-state index in [0.29, 0.717) is 11.2 Å². The van der Waals surface area contributed by atoms with Crippen molar-refractivity contribution in [3.05, 3.63) is 23.8 Å². The molecule has 15 heavy (non-hydrogen) atoms. The van der Waals surface area contributed by atoms with Gasteiger partial charge in [0.1, 0.15) is 5.78 Å². The van der Waals surface area contributed by atoms with Gasteiger partial charge in [-0.3, -0.25) is 9.79 Å². The van der Waals surface area contributed by atoms with Gasteiger partial charge in [-0.25, -0.2) is 0 Å². The van der Waals surface area contributed by atoms with Crippen molar-refractivity contribution in [3.63, 3.8) is 0 Å². The molecule has 2 nitrogen and oxygen atoms in total. The first-order chi connectivity index (χ1) is 7.26. The van der Waals surface area contributed by atoms with E-state index in [4.69, 9.17) is 0 Å². The van der Waals surface area contributed by atoms with Gasteiger partial charge in [-0.05, 0) is 24.5 Å².